The van der Waals surface area contributed by atoms with Crippen molar-refractivity contribution in [3.63, 3.8) is 0 Å². The first-order valence-electron chi connectivity index (χ1n) is 5.17. The predicted molar refractivity (Wildman–Crippen MR) is 58.8 cm³/mol. The minimum atomic E-state index is -0.574. The second kappa shape index (κ2) is 6.40. The number of ether oxygens (including phenoxy) is 1. The lowest BCUT2D eigenvalue weighted by Crippen LogP contribution is -2.16. The zero-order valence-electron chi connectivity index (χ0n) is 9.61. The molecule has 0 aliphatic heterocycles. The first-order valence-corrected chi connectivity index (χ1v) is 5.17. The van der Waals surface area contributed by atoms with Gasteiger partial charge in [0.15, 0.2) is 5.82 Å². The number of hydrogen-bond donors (Lipinski definition) is 1. The van der Waals surface area contributed by atoms with Gasteiger partial charge in [0.05, 0.1) is 13.2 Å². The Morgan fingerprint density at radius 3 is 2.88 bits per heavy atom. The van der Waals surface area contributed by atoms with Crippen molar-refractivity contribution in [1.82, 2.24) is 9.88 Å². The summed E-state index contributed by atoms with van der Waals surface area (Å²) in [6, 6.07) is 1.43. The summed E-state index contributed by atoms with van der Waals surface area (Å²) in [6.07, 6.45) is 2.23. The van der Waals surface area contributed by atoms with Gasteiger partial charge < -0.3 is 14.7 Å². The fraction of sp³-hybridized carbons (Fsp3) is 0.545. The SMILES string of the molecule is CN(C)CCCOc1nccc(CO)c1F. The summed E-state index contributed by atoms with van der Waals surface area (Å²) in [5, 5.41) is 8.86. The number of nitrogens with zero attached hydrogens (tertiary/aromatic N) is 2. The molecule has 0 saturated heterocycles. The third-order valence-corrected chi connectivity index (χ3v) is 2.10. The van der Waals surface area contributed by atoms with Crippen LogP contribution >= 0.6 is 0 Å². The second-order valence-corrected chi connectivity index (χ2v) is 3.75. The van der Waals surface area contributed by atoms with E-state index < -0.39 is 5.82 Å². The van der Waals surface area contributed by atoms with E-state index in [0.717, 1.165) is 13.0 Å². The maximum absolute atomic E-state index is 13.5. The molecule has 5 heteroatoms. The van der Waals surface area contributed by atoms with Crippen molar-refractivity contribution in [3.8, 4) is 5.88 Å². The van der Waals surface area contributed by atoms with Crippen molar-refractivity contribution in [2.24, 2.45) is 0 Å². The highest BCUT2D eigenvalue weighted by atomic mass is 19.1. The van der Waals surface area contributed by atoms with E-state index in [1.165, 1.54) is 12.3 Å². The fourth-order valence-electron chi connectivity index (χ4n) is 1.23. The lowest BCUT2D eigenvalue weighted by molar-refractivity contribution is 0.250. The molecular formula is C11H17FN2O2. The highest BCUT2D eigenvalue weighted by molar-refractivity contribution is 5.22. The largest absolute Gasteiger partial charge is 0.476 e. The van der Waals surface area contributed by atoms with Crippen LogP contribution in [0.2, 0.25) is 0 Å². The summed E-state index contributed by atoms with van der Waals surface area (Å²) in [4.78, 5) is 5.81. The molecule has 0 bridgehead atoms. The molecule has 0 unspecified atom stereocenters. The molecule has 1 heterocycles. The van der Waals surface area contributed by atoms with Crippen LogP contribution in [0.15, 0.2) is 12.3 Å². The minimum Gasteiger partial charge on any atom is -0.476 e. The molecule has 0 aliphatic carbocycles. The molecule has 90 valence electrons. The Hall–Kier alpha value is -1.20. The summed E-state index contributed by atoms with van der Waals surface area (Å²) < 4.78 is 18.7. The number of halogens is 1. The molecule has 0 amide bonds. The Balaban J connectivity index is 2.47. The van der Waals surface area contributed by atoms with Crippen LogP contribution in [0.3, 0.4) is 0 Å². The Morgan fingerprint density at radius 1 is 1.50 bits per heavy atom. The van der Waals surface area contributed by atoms with E-state index in [1.807, 2.05) is 19.0 Å². The average molecular weight is 228 g/mol. The van der Waals surface area contributed by atoms with Crippen molar-refractivity contribution >= 4 is 0 Å². The third kappa shape index (κ3) is 3.75. The summed E-state index contributed by atoms with van der Waals surface area (Å²) in [5.41, 5.74) is 0.206. The predicted octanol–water partition coefficient (Wildman–Crippen LogP) is 1.04. The summed E-state index contributed by atoms with van der Waals surface area (Å²) in [6.45, 7) is 0.945. The maximum atomic E-state index is 13.5. The number of aliphatic hydroxyl groups is 1. The molecule has 0 radical (unpaired) electrons. The van der Waals surface area contributed by atoms with Gasteiger partial charge in [-0.1, -0.05) is 0 Å². The standard InChI is InChI=1S/C11H17FN2O2/c1-14(2)6-3-7-16-11-10(12)9(8-15)4-5-13-11/h4-5,15H,3,6-8H2,1-2H3. The number of aromatic nitrogens is 1. The van der Waals surface area contributed by atoms with E-state index in [9.17, 15) is 4.39 Å². The van der Waals surface area contributed by atoms with Crippen LogP contribution in [-0.2, 0) is 6.61 Å². The normalized spacial score (nSPS) is 10.8. The van der Waals surface area contributed by atoms with E-state index in [4.69, 9.17) is 9.84 Å². The number of rotatable bonds is 6. The smallest absolute Gasteiger partial charge is 0.250 e. The lowest BCUT2D eigenvalue weighted by atomic mass is 10.3. The van der Waals surface area contributed by atoms with E-state index in [-0.39, 0.29) is 18.1 Å². The van der Waals surface area contributed by atoms with Gasteiger partial charge >= 0.3 is 0 Å². The Kier molecular flexibility index (Phi) is 5.14. The fourth-order valence-corrected chi connectivity index (χ4v) is 1.23. The second-order valence-electron chi connectivity index (χ2n) is 3.75. The van der Waals surface area contributed by atoms with Gasteiger partial charge in [0.2, 0.25) is 0 Å². The van der Waals surface area contributed by atoms with E-state index in [1.54, 1.807) is 0 Å². The third-order valence-electron chi connectivity index (χ3n) is 2.10. The van der Waals surface area contributed by atoms with Gasteiger partial charge in [-0.2, -0.15) is 0 Å². The maximum Gasteiger partial charge on any atom is 0.250 e. The summed E-state index contributed by atoms with van der Waals surface area (Å²) >= 11 is 0. The van der Waals surface area contributed by atoms with Crippen LogP contribution in [0.5, 0.6) is 5.88 Å². The average Bonchev–Trinajstić information content (AvgIpc) is 2.26. The van der Waals surface area contributed by atoms with Crippen molar-refractivity contribution < 1.29 is 14.2 Å². The van der Waals surface area contributed by atoms with Crippen LogP contribution in [-0.4, -0.2) is 42.2 Å². The van der Waals surface area contributed by atoms with E-state index in [0.29, 0.717) is 6.61 Å². The molecule has 1 N–H and O–H groups in total. The lowest BCUT2D eigenvalue weighted by Gasteiger charge is -2.10. The molecule has 0 spiro atoms. The van der Waals surface area contributed by atoms with Crippen LogP contribution in [0.4, 0.5) is 4.39 Å². The van der Waals surface area contributed by atoms with Gasteiger partial charge in [-0.25, -0.2) is 9.37 Å². The van der Waals surface area contributed by atoms with E-state index >= 15 is 0 Å². The number of hydrogen-bond acceptors (Lipinski definition) is 4. The first-order chi connectivity index (χ1) is 7.65. The molecule has 0 fully saturated rings. The Bertz CT molecular complexity index is 332. The zero-order chi connectivity index (χ0) is 12.0. The highest BCUT2D eigenvalue weighted by Gasteiger charge is 2.09. The first kappa shape index (κ1) is 12.9. The summed E-state index contributed by atoms with van der Waals surface area (Å²) in [7, 11) is 3.93. The van der Waals surface area contributed by atoms with Crippen LogP contribution < -0.4 is 4.74 Å². The molecule has 1 aromatic heterocycles. The Morgan fingerprint density at radius 2 is 2.25 bits per heavy atom. The van der Waals surface area contributed by atoms with Crippen molar-refractivity contribution in [3.05, 3.63) is 23.6 Å². The van der Waals surface area contributed by atoms with Gasteiger partial charge in [-0.3, -0.25) is 0 Å². The van der Waals surface area contributed by atoms with E-state index in [2.05, 4.69) is 4.98 Å². The number of pyridine rings is 1. The quantitative estimate of drug-likeness (QED) is 0.739. The molecule has 0 aromatic carbocycles. The van der Waals surface area contributed by atoms with Gasteiger partial charge in [-0.05, 0) is 26.6 Å². The molecule has 0 atom stereocenters. The minimum absolute atomic E-state index is 0.0368. The topological polar surface area (TPSA) is 45.6 Å². The van der Waals surface area contributed by atoms with Gasteiger partial charge in [0, 0.05) is 18.3 Å². The van der Waals surface area contributed by atoms with Crippen LogP contribution in [0.1, 0.15) is 12.0 Å². The van der Waals surface area contributed by atoms with Gasteiger partial charge in [0.25, 0.3) is 5.88 Å². The molecule has 0 aliphatic rings. The van der Waals surface area contributed by atoms with Crippen molar-refractivity contribution in [2.45, 2.75) is 13.0 Å². The Labute approximate surface area is 94.7 Å². The van der Waals surface area contributed by atoms with Crippen LogP contribution in [0.25, 0.3) is 0 Å². The molecule has 1 aromatic rings. The number of aliphatic hydroxyl groups excluding tert-OH is 1. The monoisotopic (exact) mass is 228 g/mol. The zero-order valence-corrected chi connectivity index (χ0v) is 9.61. The van der Waals surface area contributed by atoms with Gasteiger partial charge in [0.1, 0.15) is 0 Å². The van der Waals surface area contributed by atoms with Crippen LogP contribution in [0, 0.1) is 5.82 Å². The molecule has 16 heavy (non-hydrogen) atoms. The summed E-state index contributed by atoms with van der Waals surface area (Å²) in [5.74, 6) is -0.611. The van der Waals surface area contributed by atoms with Crippen molar-refractivity contribution in [2.75, 3.05) is 27.2 Å². The molecule has 4 nitrogen and oxygen atoms in total. The molecule has 1 rings (SSSR count). The van der Waals surface area contributed by atoms with Crippen molar-refractivity contribution in [1.29, 1.82) is 0 Å². The molecular weight excluding hydrogens is 211 g/mol. The van der Waals surface area contributed by atoms with Gasteiger partial charge in [-0.15, -0.1) is 0 Å². The molecule has 0 saturated carbocycles. The highest BCUT2D eigenvalue weighted by Crippen LogP contribution is 2.17.